The molecule has 0 atom stereocenters. The first-order chi connectivity index (χ1) is 6.16. The fourth-order valence-corrected chi connectivity index (χ4v) is 2.17. The van der Waals surface area contributed by atoms with Crippen LogP contribution in [0.5, 0.6) is 0 Å². The van der Waals surface area contributed by atoms with Crippen molar-refractivity contribution in [1.29, 1.82) is 0 Å². The van der Waals surface area contributed by atoms with Gasteiger partial charge >= 0.3 is 0 Å². The van der Waals surface area contributed by atoms with E-state index in [0.717, 1.165) is 16.3 Å². The molecule has 0 saturated heterocycles. The van der Waals surface area contributed by atoms with Gasteiger partial charge in [0.2, 0.25) is 5.91 Å². The minimum Gasteiger partial charge on any atom is -0.369 e. The number of amides is 1. The third kappa shape index (κ3) is 1.42. The number of aryl methyl sites for hydroxylation is 1. The van der Waals surface area contributed by atoms with Crippen LogP contribution in [0, 0.1) is 6.92 Å². The van der Waals surface area contributed by atoms with E-state index in [2.05, 4.69) is 4.98 Å². The van der Waals surface area contributed by atoms with Crippen molar-refractivity contribution in [2.24, 2.45) is 5.73 Å². The van der Waals surface area contributed by atoms with Crippen LogP contribution in [0.3, 0.4) is 0 Å². The third-order valence-corrected chi connectivity index (χ3v) is 2.65. The highest BCUT2D eigenvalue weighted by molar-refractivity contribution is 7.15. The summed E-state index contributed by atoms with van der Waals surface area (Å²) in [5.74, 6) is -0.314. The van der Waals surface area contributed by atoms with Crippen LogP contribution in [0.25, 0.3) is 4.96 Å². The Balaban J connectivity index is 2.50. The summed E-state index contributed by atoms with van der Waals surface area (Å²) < 4.78 is 1.91. The van der Waals surface area contributed by atoms with Crippen molar-refractivity contribution in [2.45, 2.75) is 13.3 Å². The summed E-state index contributed by atoms with van der Waals surface area (Å²) in [5.41, 5.74) is 6.98. The Kier molecular flexibility index (Phi) is 1.81. The van der Waals surface area contributed by atoms with Crippen molar-refractivity contribution in [3.8, 4) is 0 Å². The molecule has 0 fully saturated rings. The number of thiazole rings is 1. The highest BCUT2D eigenvalue weighted by atomic mass is 32.1. The van der Waals surface area contributed by atoms with Gasteiger partial charge in [-0.2, -0.15) is 0 Å². The van der Waals surface area contributed by atoms with E-state index < -0.39 is 0 Å². The van der Waals surface area contributed by atoms with Crippen molar-refractivity contribution in [3.05, 3.63) is 23.0 Å². The van der Waals surface area contributed by atoms with Gasteiger partial charge in [-0.15, -0.1) is 11.3 Å². The van der Waals surface area contributed by atoms with Gasteiger partial charge in [0.15, 0.2) is 4.96 Å². The quantitative estimate of drug-likeness (QED) is 0.768. The molecule has 0 saturated carbocycles. The maximum Gasteiger partial charge on any atom is 0.223 e. The summed E-state index contributed by atoms with van der Waals surface area (Å²) in [7, 11) is 0. The lowest BCUT2D eigenvalue weighted by atomic mass is 10.3. The maximum atomic E-state index is 10.7. The van der Waals surface area contributed by atoms with Crippen molar-refractivity contribution in [1.82, 2.24) is 9.38 Å². The Bertz CT molecular complexity index is 457. The normalized spacial score (nSPS) is 10.8. The average Bonchev–Trinajstić information content (AvgIpc) is 2.51. The second-order valence-corrected chi connectivity index (χ2v) is 3.74. The Morgan fingerprint density at radius 1 is 1.77 bits per heavy atom. The number of nitrogens with zero attached hydrogens (tertiary/aromatic N) is 2. The van der Waals surface area contributed by atoms with Crippen molar-refractivity contribution >= 4 is 22.2 Å². The summed E-state index contributed by atoms with van der Waals surface area (Å²) in [5, 5.41) is 1.91. The number of carbonyl (C=O) groups excluding carboxylic acids is 1. The summed E-state index contributed by atoms with van der Waals surface area (Å²) in [4.78, 5) is 15.9. The van der Waals surface area contributed by atoms with Crippen LogP contribution >= 0.6 is 11.3 Å². The number of aromatic nitrogens is 2. The smallest absolute Gasteiger partial charge is 0.223 e. The molecule has 2 heterocycles. The first-order valence-corrected chi connectivity index (χ1v) is 4.75. The Morgan fingerprint density at radius 2 is 2.54 bits per heavy atom. The topological polar surface area (TPSA) is 60.4 Å². The van der Waals surface area contributed by atoms with Crippen LogP contribution in [0.1, 0.15) is 11.4 Å². The number of rotatable bonds is 2. The average molecular weight is 195 g/mol. The highest BCUT2D eigenvalue weighted by Crippen LogP contribution is 2.16. The molecule has 1 amide bonds. The largest absolute Gasteiger partial charge is 0.369 e. The van der Waals surface area contributed by atoms with Crippen molar-refractivity contribution in [2.75, 3.05) is 0 Å². The molecule has 0 aliphatic rings. The number of carbonyl (C=O) groups is 1. The summed E-state index contributed by atoms with van der Waals surface area (Å²) in [6, 6.07) is 0. The predicted octanol–water partition coefficient (Wildman–Crippen LogP) is 0.732. The van der Waals surface area contributed by atoms with Gasteiger partial charge in [-0.05, 0) is 6.92 Å². The van der Waals surface area contributed by atoms with E-state index in [1.165, 1.54) is 11.3 Å². The van der Waals surface area contributed by atoms with E-state index in [0.29, 0.717) is 0 Å². The number of fused-ring (bicyclic) bond motifs is 1. The molecule has 2 aromatic heterocycles. The number of nitrogens with two attached hydrogens (primary N) is 1. The summed E-state index contributed by atoms with van der Waals surface area (Å²) >= 11 is 1.52. The summed E-state index contributed by atoms with van der Waals surface area (Å²) in [6.07, 6.45) is 2.18. The number of hydrogen-bond acceptors (Lipinski definition) is 3. The summed E-state index contributed by atoms with van der Waals surface area (Å²) in [6.45, 7) is 1.92. The van der Waals surface area contributed by atoms with E-state index in [1.807, 2.05) is 22.9 Å². The predicted molar refractivity (Wildman–Crippen MR) is 50.7 cm³/mol. The molecule has 0 unspecified atom stereocenters. The highest BCUT2D eigenvalue weighted by Gasteiger charge is 2.07. The van der Waals surface area contributed by atoms with E-state index in [9.17, 15) is 4.79 Å². The second-order valence-electron chi connectivity index (χ2n) is 2.90. The van der Waals surface area contributed by atoms with Gasteiger partial charge in [0.05, 0.1) is 12.1 Å². The molecular formula is C8H9N3OS. The molecular weight excluding hydrogens is 186 g/mol. The lowest BCUT2D eigenvalue weighted by Gasteiger charge is -1.93. The van der Waals surface area contributed by atoms with Crippen LogP contribution in [0.15, 0.2) is 11.6 Å². The van der Waals surface area contributed by atoms with E-state index in [1.54, 1.807) is 0 Å². The Hall–Kier alpha value is -1.36. The van der Waals surface area contributed by atoms with Crippen LogP contribution in [0.4, 0.5) is 0 Å². The molecule has 2 N–H and O–H groups in total. The van der Waals surface area contributed by atoms with Crippen LogP contribution in [-0.4, -0.2) is 15.3 Å². The van der Waals surface area contributed by atoms with Gasteiger partial charge in [-0.25, -0.2) is 4.98 Å². The molecule has 2 rings (SSSR count). The fourth-order valence-electron chi connectivity index (χ4n) is 1.25. The lowest BCUT2D eigenvalue weighted by Crippen LogP contribution is -2.14. The van der Waals surface area contributed by atoms with Gasteiger partial charge in [-0.1, -0.05) is 0 Å². The molecule has 0 aliphatic carbocycles. The molecule has 0 spiro atoms. The number of primary amides is 1. The minimum absolute atomic E-state index is 0.274. The zero-order chi connectivity index (χ0) is 9.42. The third-order valence-electron chi connectivity index (χ3n) is 1.76. The van der Waals surface area contributed by atoms with E-state index in [4.69, 9.17) is 5.73 Å². The van der Waals surface area contributed by atoms with Gasteiger partial charge < -0.3 is 5.73 Å². The molecule has 68 valence electrons. The first kappa shape index (κ1) is 8.25. The molecule has 13 heavy (non-hydrogen) atoms. The second kappa shape index (κ2) is 2.85. The van der Waals surface area contributed by atoms with Gasteiger partial charge in [0, 0.05) is 17.3 Å². The molecule has 0 aliphatic heterocycles. The molecule has 0 radical (unpaired) electrons. The monoisotopic (exact) mass is 195 g/mol. The molecule has 2 aromatic rings. The van der Waals surface area contributed by atoms with Crippen LogP contribution < -0.4 is 5.73 Å². The minimum atomic E-state index is -0.314. The molecule has 0 bridgehead atoms. The standard InChI is InChI=1S/C8H9N3OS/c1-5-3-11-6(2-7(9)12)4-13-8(11)10-5/h3-4H,2H2,1H3,(H2,9,12). The zero-order valence-electron chi connectivity index (χ0n) is 7.15. The Labute approximate surface area is 79.0 Å². The van der Waals surface area contributed by atoms with E-state index >= 15 is 0 Å². The molecule has 0 aromatic carbocycles. The number of imidazole rings is 1. The van der Waals surface area contributed by atoms with Gasteiger partial charge in [0.1, 0.15) is 0 Å². The van der Waals surface area contributed by atoms with Crippen LogP contribution in [0.2, 0.25) is 0 Å². The fraction of sp³-hybridized carbons (Fsp3) is 0.250. The van der Waals surface area contributed by atoms with Crippen molar-refractivity contribution < 1.29 is 4.79 Å². The van der Waals surface area contributed by atoms with Crippen LogP contribution in [-0.2, 0) is 11.2 Å². The maximum absolute atomic E-state index is 10.7. The number of hydrogen-bond donors (Lipinski definition) is 1. The van der Waals surface area contributed by atoms with Gasteiger partial charge in [-0.3, -0.25) is 9.20 Å². The van der Waals surface area contributed by atoms with Crippen molar-refractivity contribution in [3.63, 3.8) is 0 Å². The zero-order valence-corrected chi connectivity index (χ0v) is 7.97. The lowest BCUT2D eigenvalue weighted by molar-refractivity contribution is -0.117. The Morgan fingerprint density at radius 3 is 3.23 bits per heavy atom. The first-order valence-electron chi connectivity index (χ1n) is 3.87. The molecule has 5 heteroatoms. The van der Waals surface area contributed by atoms with E-state index in [-0.39, 0.29) is 12.3 Å². The van der Waals surface area contributed by atoms with Gasteiger partial charge in [0.25, 0.3) is 0 Å². The SMILES string of the molecule is Cc1cn2c(CC(N)=O)csc2n1. The molecule has 4 nitrogen and oxygen atoms in total.